The van der Waals surface area contributed by atoms with Crippen molar-refractivity contribution in [1.82, 2.24) is 9.13 Å². The molecular formula is C23H28N2S3. The van der Waals surface area contributed by atoms with Crippen LogP contribution >= 0.6 is 37.5 Å². The summed E-state index contributed by atoms with van der Waals surface area (Å²) in [5.74, 6) is 1.27. The van der Waals surface area contributed by atoms with Crippen LogP contribution in [0.2, 0.25) is 0 Å². The smallest absolute Gasteiger partial charge is 0.190 e. The molecule has 0 bridgehead atoms. The van der Waals surface area contributed by atoms with Crippen molar-refractivity contribution in [2.24, 2.45) is 11.8 Å². The van der Waals surface area contributed by atoms with Gasteiger partial charge in [-0.1, -0.05) is 52.0 Å². The lowest BCUT2D eigenvalue weighted by Crippen LogP contribution is -2.00. The van der Waals surface area contributed by atoms with E-state index in [1.165, 1.54) is 11.1 Å². The second-order valence-corrected chi connectivity index (χ2v) is 9.34. The Labute approximate surface area is 184 Å². The van der Waals surface area contributed by atoms with Gasteiger partial charge in [-0.3, -0.25) is 9.13 Å². The molecule has 0 N–H and O–H groups in total. The summed E-state index contributed by atoms with van der Waals surface area (Å²) in [5.41, 5.74) is 4.68. The van der Waals surface area contributed by atoms with E-state index in [4.69, 9.17) is 37.5 Å². The minimum absolute atomic E-state index is 0.636. The molecule has 0 aliphatic carbocycles. The van der Waals surface area contributed by atoms with E-state index in [1.54, 1.807) is 0 Å². The van der Waals surface area contributed by atoms with Gasteiger partial charge in [0.25, 0.3) is 0 Å². The van der Waals surface area contributed by atoms with Crippen LogP contribution in [-0.4, -0.2) is 9.13 Å². The van der Waals surface area contributed by atoms with Gasteiger partial charge in [-0.05, 0) is 72.3 Å². The maximum Gasteiger partial charge on any atom is 0.190 e. The van der Waals surface area contributed by atoms with Gasteiger partial charge in [-0.25, -0.2) is 0 Å². The molecule has 2 aromatic carbocycles. The highest BCUT2D eigenvalue weighted by Gasteiger charge is 2.15. The van der Waals surface area contributed by atoms with Gasteiger partial charge < -0.3 is 0 Å². The molecule has 3 rings (SSSR count). The molecule has 148 valence electrons. The predicted molar refractivity (Wildman–Crippen MR) is 128 cm³/mol. The molecule has 0 saturated carbocycles. The Morgan fingerprint density at radius 3 is 1.29 bits per heavy atom. The summed E-state index contributed by atoms with van der Waals surface area (Å²) in [7, 11) is 0. The molecular weight excluding hydrogens is 400 g/mol. The molecule has 5 heteroatoms. The Bertz CT molecular complexity index is 914. The Balaban J connectivity index is 1.99. The number of rotatable bonds is 6. The van der Waals surface area contributed by atoms with Crippen molar-refractivity contribution in [3.63, 3.8) is 0 Å². The van der Waals surface area contributed by atoms with E-state index in [9.17, 15) is 0 Å². The molecule has 0 unspecified atom stereocenters. The monoisotopic (exact) mass is 428 g/mol. The van der Waals surface area contributed by atoms with E-state index in [0.29, 0.717) is 16.6 Å². The van der Waals surface area contributed by atoms with Gasteiger partial charge in [0.2, 0.25) is 0 Å². The molecule has 2 nitrogen and oxygen atoms in total. The zero-order valence-electron chi connectivity index (χ0n) is 16.9. The van der Waals surface area contributed by atoms with Crippen LogP contribution in [0.15, 0.2) is 58.6 Å². The van der Waals surface area contributed by atoms with Crippen molar-refractivity contribution in [2.45, 2.75) is 50.6 Å². The number of hydrogen-bond acceptors (Lipinski definition) is 3. The fourth-order valence-electron chi connectivity index (χ4n) is 3.45. The standard InChI is InChI=1S/C23H28N2S3/c1-15(2)13-17-5-9-19(10-6-17)24-21(26)22(27)25(23(24)28)20-11-7-18(8-12-20)14-16(3)4/h5-12,15-16,26-27H,13-14H2,1-4H3. The third kappa shape index (κ3) is 4.58. The summed E-state index contributed by atoms with van der Waals surface area (Å²) >= 11 is 15.2. The van der Waals surface area contributed by atoms with Gasteiger partial charge in [0.1, 0.15) is 10.1 Å². The van der Waals surface area contributed by atoms with Gasteiger partial charge in [-0.15, -0.1) is 25.3 Å². The maximum atomic E-state index is 5.80. The summed E-state index contributed by atoms with van der Waals surface area (Å²) < 4.78 is 4.62. The van der Waals surface area contributed by atoms with Crippen LogP contribution in [0.1, 0.15) is 38.8 Å². The minimum atomic E-state index is 0.636. The van der Waals surface area contributed by atoms with E-state index >= 15 is 0 Å². The minimum Gasteiger partial charge on any atom is -0.279 e. The fraction of sp³-hybridized carbons (Fsp3) is 0.348. The molecule has 28 heavy (non-hydrogen) atoms. The van der Waals surface area contributed by atoms with Crippen LogP contribution in [0.5, 0.6) is 0 Å². The topological polar surface area (TPSA) is 9.86 Å². The lowest BCUT2D eigenvalue weighted by atomic mass is 10.0. The van der Waals surface area contributed by atoms with Gasteiger partial charge in [-0.2, -0.15) is 0 Å². The molecule has 0 amide bonds. The highest BCUT2D eigenvalue weighted by atomic mass is 32.1. The summed E-state index contributed by atoms with van der Waals surface area (Å²) in [6.07, 6.45) is 2.14. The molecule has 0 spiro atoms. The highest BCUT2D eigenvalue weighted by Crippen LogP contribution is 2.29. The Kier molecular flexibility index (Phi) is 6.79. The van der Waals surface area contributed by atoms with Gasteiger partial charge in [0, 0.05) is 11.4 Å². The Hall–Kier alpha value is -1.43. The van der Waals surface area contributed by atoms with E-state index in [2.05, 4.69) is 76.2 Å². The van der Waals surface area contributed by atoms with Crippen LogP contribution in [0.4, 0.5) is 0 Å². The zero-order chi connectivity index (χ0) is 20.4. The van der Waals surface area contributed by atoms with Gasteiger partial charge in [0.15, 0.2) is 4.77 Å². The quantitative estimate of drug-likeness (QED) is 0.318. The third-order valence-electron chi connectivity index (χ3n) is 4.68. The average Bonchev–Trinajstić information content (AvgIpc) is 2.85. The number of aromatic nitrogens is 2. The van der Waals surface area contributed by atoms with Crippen molar-refractivity contribution in [1.29, 1.82) is 0 Å². The largest absolute Gasteiger partial charge is 0.279 e. The number of imidazole rings is 1. The van der Waals surface area contributed by atoms with E-state index < -0.39 is 0 Å². The van der Waals surface area contributed by atoms with E-state index in [0.717, 1.165) is 34.3 Å². The molecule has 0 radical (unpaired) electrons. The molecule has 0 atom stereocenters. The highest BCUT2D eigenvalue weighted by molar-refractivity contribution is 7.83. The maximum absolute atomic E-state index is 5.80. The first-order chi connectivity index (χ1) is 13.3. The van der Waals surface area contributed by atoms with Crippen molar-refractivity contribution < 1.29 is 0 Å². The second-order valence-electron chi connectivity index (χ2n) is 8.13. The number of nitrogens with zero attached hydrogens (tertiary/aromatic N) is 2. The number of benzene rings is 2. The molecule has 1 aromatic heterocycles. The molecule has 0 aliphatic heterocycles. The van der Waals surface area contributed by atoms with Crippen LogP contribution in [0.25, 0.3) is 11.4 Å². The first kappa shape index (κ1) is 21.3. The van der Waals surface area contributed by atoms with Crippen molar-refractivity contribution in [3.05, 3.63) is 64.4 Å². The lowest BCUT2D eigenvalue weighted by Gasteiger charge is -2.09. The average molecular weight is 429 g/mol. The first-order valence-corrected chi connectivity index (χ1v) is 11.0. The summed E-state index contributed by atoms with van der Waals surface area (Å²) in [6.45, 7) is 8.93. The molecule has 0 fully saturated rings. The number of hydrogen-bond donors (Lipinski definition) is 2. The van der Waals surface area contributed by atoms with Crippen LogP contribution < -0.4 is 0 Å². The van der Waals surface area contributed by atoms with Crippen LogP contribution in [0, 0.1) is 16.6 Å². The molecule has 0 aliphatic rings. The molecule has 3 aromatic rings. The summed E-state index contributed by atoms with van der Waals surface area (Å²) in [5, 5.41) is 1.49. The van der Waals surface area contributed by atoms with E-state index in [-0.39, 0.29) is 0 Å². The van der Waals surface area contributed by atoms with Crippen molar-refractivity contribution in [2.75, 3.05) is 0 Å². The second kappa shape index (κ2) is 8.93. The SMILES string of the molecule is CC(C)Cc1ccc(-n2c(S)c(S)n(-c3ccc(CC(C)C)cc3)c2=S)cc1. The summed E-state index contributed by atoms with van der Waals surface area (Å²) in [4.78, 5) is 0. The molecule has 1 heterocycles. The first-order valence-electron chi connectivity index (χ1n) is 9.72. The zero-order valence-corrected chi connectivity index (χ0v) is 19.5. The predicted octanol–water partition coefficient (Wildman–Crippen LogP) is 6.97. The molecule has 0 saturated heterocycles. The van der Waals surface area contributed by atoms with Crippen molar-refractivity contribution >= 4 is 37.5 Å². The Morgan fingerprint density at radius 1 is 0.679 bits per heavy atom. The van der Waals surface area contributed by atoms with Crippen molar-refractivity contribution in [3.8, 4) is 11.4 Å². The normalized spacial score (nSPS) is 11.6. The van der Waals surface area contributed by atoms with Crippen LogP contribution in [-0.2, 0) is 12.8 Å². The number of thiol groups is 2. The van der Waals surface area contributed by atoms with E-state index in [1.807, 2.05) is 9.13 Å². The summed E-state index contributed by atoms with van der Waals surface area (Å²) in [6, 6.07) is 17.1. The Morgan fingerprint density at radius 2 is 1.00 bits per heavy atom. The van der Waals surface area contributed by atoms with Gasteiger partial charge >= 0.3 is 0 Å². The fourth-order valence-corrected chi connectivity index (χ4v) is 4.60. The lowest BCUT2D eigenvalue weighted by molar-refractivity contribution is 0.647. The van der Waals surface area contributed by atoms with Crippen LogP contribution in [0.3, 0.4) is 0 Å². The third-order valence-corrected chi connectivity index (χ3v) is 6.05. The van der Waals surface area contributed by atoms with Gasteiger partial charge in [0.05, 0.1) is 0 Å².